The number of amides is 2. The van der Waals surface area contributed by atoms with E-state index in [1.165, 1.54) is 18.2 Å². The Balaban J connectivity index is 1.60. The maximum absolute atomic E-state index is 13.6. The normalized spacial score (nSPS) is 18.0. The van der Waals surface area contributed by atoms with Crippen LogP contribution in [-0.2, 0) is 9.59 Å². The zero-order valence-electron chi connectivity index (χ0n) is 21.2. The lowest BCUT2D eigenvalue weighted by Crippen LogP contribution is -2.37. The van der Waals surface area contributed by atoms with E-state index in [1.807, 2.05) is 49.4 Å². The molecule has 0 bridgehead atoms. The molecule has 1 heterocycles. The lowest BCUT2D eigenvalue weighted by atomic mass is 9.82. The summed E-state index contributed by atoms with van der Waals surface area (Å²) >= 11 is 1.30. The highest BCUT2D eigenvalue weighted by Gasteiger charge is 2.35. The van der Waals surface area contributed by atoms with E-state index in [0.717, 1.165) is 31.2 Å². The molecule has 1 fully saturated rings. The van der Waals surface area contributed by atoms with Crippen LogP contribution in [0.2, 0.25) is 0 Å². The maximum Gasteiger partial charge on any atom is 0.254 e. The fourth-order valence-electron chi connectivity index (χ4n) is 4.90. The first kappa shape index (κ1) is 26.4. The van der Waals surface area contributed by atoms with Gasteiger partial charge in [0.25, 0.3) is 5.91 Å². The Hall–Kier alpha value is -3.70. The number of nitrogens with one attached hydrogen (secondary N) is 3. The molecule has 1 aliphatic carbocycles. The van der Waals surface area contributed by atoms with Crippen LogP contribution in [0.25, 0.3) is 0 Å². The molecule has 2 aromatic carbocycles. The standard InChI is InChI=1S/C29H32N4O3S/c1-19-26(28(35)33-23-15-9-10-16-24(23)36-2)27(20-11-5-3-6-12-20)22(17-30)29(31-19)37-18-25(34)32-21-13-7-4-8-14-21/h3,5-6,9-12,15-16,21,27,31H,4,7-8,13-14,18H2,1-2H3,(H,32,34)(H,33,35). The molecule has 0 saturated heterocycles. The summed E-state index contributed by atoms with van der Waals surface area (Å²) in [6.45, 7) is 1.82. The highest BCUT2D eigenvalue weighted by molar-refractivity contribution is 8.03. The lowest BCUT2D eigenvalue weighted by molar-refractivity contribution is -0.119. The van der Waals surface area contributed by atoms with E-state index in [-0.39, 0.29) is 23.6 Å². The van der Waals surface area contributed by atoms with Crippen molar-refractivity contribution in [2.75, 3.05) is 18.2 Å². The minimum atomic E-state index is -0.578. The van der Waals surface area contributed by atoms with Gasteiger partial charge >= 0.3 is 0 Å². The molecule has 0 spiro atoms. The number of hydrogen-bond acceptors (Lipinski definition) is 6. The molecule has 1 unspecified atom stereocenters. The Morgan fingerprint density at radius 1 is 1.08 bits per heavy atom. The zero-order valence-corrected chi connectivity index (χ0v) is 22.0. The molecule has 2 aromatic rings. The van der Waals surface area contributed by atoms with E-state index in [0.29, 0.717) is 33.3 Å². The summed E-state index contributed by atoms with van der Waals surface area (Å²) in [5.41, 5.74) is 2.87. The van der Waals surface area contributed by atoms with Crippen molar-refractivity contribution in [1.82, 2.24) is 10.6 Å². The maximum atomic E-state index is 13.6. The number of dihydropyridines is 1. The van der Waals surface area contributed by atoms with Crippen LogP contribution in [-0.4, -0.2) is 30.7 Å². The molecule has 192 valence electrons. The number of nitriles is 1. The Morgan fingerprint density at radius 2 is 1.78 bits per heavy atom. The third kappa shape index (κ3) is 6.36. The monoisotopic (exact) mass is 516 g/mol. The van der Waals surface area contributed by atoms with E-state index >= 15 is 0 Å². The summed E-state index contributed by atoms with van der Waals surface area (Å²) < 4.78 is 5.39. The van der Waals surface area contributed by atoms with Crippen molar-refractivity contribution in [3.8, 4) is 11.8 Å². The number of allylic oxidation sites excluding steroid dienone is 2. The first-order chi connectivity index (χ1) is 18.0. The Labute approximate surface area is 222 Å². The first-order valence-corrected chi connectivity index (χ1v) is 13.5. The molecular weight excluding hydrogens is 484 g/mol. The van der Waals surface area contributed by atoms with Gasteiger partial charge in [0, 0.05) is 17.3 Å². The highest BCUT2D eigenvalue weighted by Crippen LogP contribution is 2.41. The molecular formula is C29H32N4O3S. The highest BCUT2D eigenvalue weighted by atomic mass is 32.2. The van der Waals surface area contributed by atoms with Gasteiger partial charge in [0.2, 0.25) is 5.91 Å². The predicted octanol–water partition coefficient (Wildman–Crippen LogP) is 5.21. The summed E-state index contributed by atoms with van der Waals surface area (Å²) in [4.78, 5) is 26.3. The van der Waals surface area contributed by atoms with Crippen molar-refractivity contribution in [2.24, 2.45) is 0 Å². The van der Waals surface area contributed by atoms with Gasteiger partial charge in [-0.25, -0.2) is 0 Å². The largest absolute Gasteiger partial charge is 0.495 e. The second-order valence-electron chi connectivity index (χ2n) is 9.21. The number of thioether (sulfide) groups is 1. The second-order valence-corrected chi connectivity index (χ2v) is 10.2. The first-order valence-electron chi connectivity index (χ1n) is 12.5. The summed E-state index contributed by atoms with van der Waals surface area (Å²) in [5.74, 6) is -0.200. The number of ether oxygens (including phenoxy) is 1. The minimum Gasteiger partial charge on any atom is -0.495 e. The van der Waals surface area contributed by atoms with Crippen LogP contribution < -0.4 is 20.7 Å². The average Bonchev–Trinajstić information content (AvgIpc) is 2.92. The van der Waals surface area contributed by atoms with E-state index in [9.17, 15) is 14.9 Å². The molecule has 4 rings (SSSR count). The molecule has 3 N–H and O–H groups in total. The molecule has 37 heavy (non-hydrogen) atoms. The number of carbonyl (C=O) groups is 2. The van der Waals surface area contributed by atoms with Crippen LogP contribution in [0.4, 0.5) is 5.69 Å². The molecule has 1 aliphatic heterocycles. The number of benzene rings is 2. The number of anilines is 1. The number of para-hydroxylation sites is 2. The summed E-state index contributed by atoms with van der Waals surface area (Å²) in [5, 5.41) is 20.2. The van der Waals surface area contributed by atoms with Crippen molar-refractivity contribution in [1.29, 1.82) is 5.26 Å². The van der Waals surface area contributed by atoms with Gasteiger partial charge in [-0.1, -0.05) is 73.5 Å². The summed E-state index contributed by atoms with van der Waals surface area (Å²) in [7, 11) is 1.55. The van der Waals surface area contributed by atoms with Gasteiger partial charge in [-0.2, -0.15) is 5.26 Å². The molecule has 1 saturated carbocycles. The molecule has 7 nitrogen and oxygen atoms in total. The number of nitrogens with zero attached hydrogens (tertiary/aromatic N) is 1. The molecule has 8 heteroatoms. The number of carbonyl (C=O) groups excluding carboxylic acids is 2. The summed E-state index contributed by atoms with van der Waals surface area (Å²) in [6, 6.07) is 19.3. The summed E-state index contributed by atoms with van der Waals surface area (Å²) in [6.07, 6.45) is 5.55. The van der Waals surface area contributed by atoms with Gasteiger partial charge < -0.3 is 20.7 Å². The van der Waals surface area contributed by atoms with E-state index in [2.05, 4.69) is 22.0 Å². The molecule has 2 amide bonds. The topological polar surface area (TPSA) is 103 Å². The minimum absolute atomic E-state index is 0.0407. The Morgan fingerprint density at radius 3 is 2.49 bits per heavy atom. The van der Waals surface area contributed by atoms with Crippen LogP contribution in [0, 0.1) is 11.3 Å². The Bertz CT molecular complexity index is 1240. The predicted molar refractivity (Wildman–Crippen MR) is 147 cm³/mol. The van der Waals surface area contributed by atoms with Crippen molar-refractivity contribution in [2.45, 2.75) is 51.0 Å². The second kappa shape index (κ2) is 12.5. The number of hydrogen-bond donors (Lipinski definition) is 3. The van der Waals surface area contributed by atoms with Gasteiger partial charge in [-0.3, -0.25) is 9.59 Å². The van der Waals surface area contributed by atoms with Crippen LogP contribution in [0.3, 0.4) is 0 Å². The molecule has 0 aromatic heterocycles. The van der Waals surface area contributed by atoms with Gasteiger partial charge in [0.1, 0.15) is 5.75 Å². The third-order valence-electron chi connectivity index (χ3n) is 6.70. The third-order valence-corrected chi connectivity index (χ3v) is 7.72. The molecule has 2 aliphatic rings. The van der Waals surface area contributed by atoms with Crippen molar-refractivity contribution >= 4 is 29.3 Å². The Kier molecular flexibility index (Phi) is 8.91. The van der Waals surface area contributed by atoms with Gasteiger partial charge in [0.05, 0.1) is 41.1 Å². The number of methoxy groups -OCH3 is 1. The van der Waals surface area contributed by atoms with Crippen LogP contribution in [0.15, 0.2) is 76.5 Å². The van der Waals surface area contributed by atoms with E-state index < -0.39 is 5.92 Å². The average molecular weight is 517 g/mol. The molecule has 0 radical (unpaired) electrons. The van der Waals surface area contributed by atoms with Crippen molar-refractivity contribution in [3.63, 3.8) is 0 Å². The van der Waals surface area contributed by atoms with Crippen molar-refractivity contribution in [3.05, 3.63) is 82.0 Å². The van der Waals surface area contributed by atoms with Crippen molar-refractivity contribution < 1.29 is 14.3 Å². The zero-order chi connectivity index (χ0) is 26.2. The van der Waals surface area contributed by atoms with Crippen LogP contribution in [0.5, 0.6) is 5.75 Å². The van der Waals surface area contributed by atoms with Gasteiger partial charge in [-0.05, 0) is 37.5 Å². The van der Waals surface area contributed by atoms with Crippen LogP contribution in [0.1, 0.15) is 50.5 Å². The SMILES string of the molecule is COc1ccccc1NC(=O)C1=C(C)NC(SCC(=O)NC2CCCCC2)=C(C#N)C1c1ccccc1. The quantitative estimate of drug-likeness (QED) is 0.445. The van der Waals surface area contributed by atoms with Crippen LogP contribution >= 0.6 is 11.8 Å². The van der Waals surface area contributed by atoms with Gasteiger partial charge in [-0.15, -0.1) is 0 Å². The lowest BCUT2D eigenvalue weighted by Gasteiger charge is -2.30. The smallest absolute Gasteiger partial charge is 0.254 e. The molecule has 1 atom stereocenters. The number of rotatable bonds is 8. The van der Waals surface area contributed by atoms with E-state index in [1.54, 1.807) is 19.2 Å². The fraction of sp³-hybridized carbons (Fsp3) is 0.345. The van der Waals surface area contributed by atoms with E-state index in [4.69, 9.17) is 4.74 Å². The fourth-order valence-corrected chi connectivity index (χ4v) is 5.80. The van der Waals surface area contributed by atoms with Gasteiger partial charge in [0.15, 0.2) is 0 Å².